The van der Waals surface area contributed by atoms with Gasteiger partial charge in [-0.25, -0.2) is 13.6 Å². The summed E-state index contributed by atoms with van der Waals surface area (Å²) >= 11 is 7.47. The van der Waals surface area contributed by atoms with Gasteiger partial charge in [0.15, 0.2) is 5.16 Å². The van der Waals surface area contributed by atoms with Crippen LogP contribution in [0.25, 0.3) is 5.69 Å². The highest BCUT2D eigenvalue weighted by Gasteiger charge is 2.20. The summed E-state index contributed by atoms with van der Waals surface area (Å²) in [4.78, 5) is 14.3. The third-order valence-electron chi connectivity index (χ3n) is 4.92. The summed E-state index contributed by atoms with van der Waals surface area (Å²) in [6, 6.07) is 11.6. The maximum atomic E-state index is 12.8. The Hall–Kier alpha value is -2.40. The molecule has 1 heterocycles. The molecule has 2 aromatic carbocycles. The zero-order valence-electron chi connectivity index (χ0n) is 17.2. The van der Waals surface area contributed by atoms with Gasteiger partial charge in [-0.05, 0) is 49.2 Å². The standard InChI is InChI=1S/C20H22ClN5O3S2/c1-13-7-8-16(10-18(13)21)26-12-23-24-20(26)30-11-19(27)25(3)14(2)15-5-4-6-17(9-15)31(22,28)29/h4-10,12,14H,11H2,1-3H3,(H2,22,28,29). The number of aromatic nitrogens is 3. The van der Waals surface area contributed by atoms with E-state index in [0.717, 1.165) is 11.3 Å². The Bertz CT molecular complexity index is 1210. The van der Waals surface area contributed by atoms with Gasteiger partial charge in [-0.2, -0.15) is 0 Å². The lowest BCUT2D eigenvalue weighted by Gasteiger charge is -2.25. The first kappa shape index (κ1) is 23.3. The molecule has 31 heavy (non-hydrogen) atoms. The van der Waals surface area contributed by atoms with E-state index >= 15 is 0 Å². The molecule has 0 aliphatic carbocycles. The van der Waals surface area contributed by atoms with E-state index in [4.69, 9.17) is 16.7 Å². The van der Waals surface area contributed by atoms with E-state index < -0.39 is 10.0 Å². The van der Waals surface area contributed by atoms with Gasteiger partial charge < -0.3 is 4.90 Å². The van der Waals surface area contributed by atoms with E-state index in [-0.39, 0.29) is 22.6 Å². The number of benzene rings is 2. The molecular formula is C20H22ClN5O3S2. The van der Waals surface area contributed by atoms with Gasteiger partial charge in [-0.15, -0.1) is 10.2 Å². The van der Waals surface area contributed by atoms with E-state index in [0.29, 0.717) is 15.7 Å². The minimum absolute atomic E-state index is 0.0111. The molecule has 164 valence electrons. The average Bonchev–Trinajstić information content (AvgIpc) is 3.21. The first-order valence-electron chi connectivity index (χ1n) is 9.25. The van der Waals surface area contributed by atoms with Crippen LogP contribution in [0.3, 0.4) is 0 Å². The molecule has 0 spiro atoms. The maximum Gasteiger partial charge on any atom is 0.238 e. The molecule has 8 nitrogen and oxygen atoms in total. The van der Waals surface area contributed by atoms with Crippen LogP contribution in [-0.4, -0.2) is 46.8 Å². The topological polar surface area (TPSA) is 111 Å². The number of amides is 1. The molecular weight excluding hydrogens is 458 g/mol. The van der Waals surface area contributed by atoms with Crippen LogP contribution in [0.5, 0.6) is 0 Å². The number of nitrogens with two attached hydrogens (primary N) is 1. The highest BCUT2D eigenvalue weighted by atomic mass is 35.5. The maximum absolute atomic E-state index is 12.8. The quantitative estimate of drug-likeness (QED) is 0.521. The van der Waals surface area contributed by atoms with Crippen molar-refractivity contribution in [2.24, 2.45) is 5.14 Å². The SMILES string of the molecule is Cc1ccc(-n2cnnc2SCC(=O)N(C)C(C)c2cccc(S(N)(=O)=O)c2)cc1Cl. The van der Waals surface area contributed by atoms with E-state index in [1.807, 2.05) is 32.0 Å². The minimum atomic E-state index is -3.82. The van der Waals surface area contributed by atoms with Crippen molar-refractivity contribution in [3.05, 3.63) is 64.9 Å². The number of carbonyl (C=O) groups excluding carboxylic acids is 1. The Morgan fingerprint density at radius 3 is 2.71 bits per heavy atom. The van der Waals surface area contributed by atoms with Gasteiger partial charge in [0.1, 0.15) is 6.33 Å². The summed E-state index contributed by atoms with van der Waals surface area (Å²) in [5.74, 6) is -0.0106. The number of sulfonamides is 1. The molecule has 1 atom stereocenters. The molecule has 0 fully saturated rings. The highest BCUT2D eigenvalue weighted by Crippen LogP contribution is 2.26. The third-order valence-corrected chi connectivity index (χ3v) is 7.16. The smallest absolute Gasteiger partial charge is 0.238 e. The molecule has 0 bridgehead atoms. The molecule has 0 aliphatic rings. The van der Waals surface area contributed by atoms with Crippen molar-refractivity contribution in [1.82, 2.24) is 19.7 Å². The monoisotopic (exact) mass is 479 g/mol. The molecule has 0 radical (unpaired) electrons. The Labute approximate surface area is 190 Å². The molecule has 0 saturated heterocycles. The van der Waals surface area contributed by atoms with Gasteiger partial charge >= 0.3 is 0 Å². The van der Waals surface area contributed by atoms with Crippen LogP contribution in [0.15, 0.2) is 58.8 Å². The number of nitrogens with zero attached hydrogens (tertiary/aromatic N) is 4. The van der Waals surface area contributed by atoms with Crippen molar-refractivity contribution in [2.45, 2.75) is 29.9 Å². The third kappa shape index (κ3) is 5.45. The minimum Gasteiger partial charge on any atom is -0.338 e. The van der Waals surface area contributed by atoms with Gasteiger partial charge in [0, 0.05) is 12.1 Å². The molecule has 1 unspecified atom stereocenters. The zero-order chi connectivity index (χ0) is 22.8. The molecule has 11 heteroatoms. The first-order chi connectivity index (χ1) is 14.6. The zero-order valence-corrected chi connectivity index (χ0v) is 19.6. The Balaban J connectivity index is 1.70. The van der Waals surface area contributed by atoms with E-state index in [2.05, 4.69) is 10.2 Å². The number of carbonyl (C=O) groups is 1. The Morgan fingerprint density at radius 2 is 2.03 bits per heavy atom. The first-order valence-corrected chi connectivity index (χ1v) is 12.2. The highest BCUT2D eigenvalue weighted by molar-refractivity contribution is 7.99. The number of halogens is 1. The lowest BCUT2D eigenvalue weighted by Crippen LogP contribution is -2.31. The lowest BCUT2D eigenvalue weighted by molar-refractivity contribution is -0.128. The fraction of sp³-hybridized carbons (Fsp3) is 0.250. The van der Waals surface area contributed by atoms with Crippen molar-refractivity contribution >= 4 is 39.3 Å². The Kier molecular flexibility index (Phi) is 7.05. The van der Waals surface area contributed by atoms with Gasteiger partial charge in [0.25, 0.3) is 0 Å². The van der Waals surface area contributed by atoms with Crippen LogP contribution in [0, 0.1) is 6.92 Å². The molecule has 1 aromatic heterocycles. The van der Waals surface area contributed by atoms with Gasteiger partial charge in [0.05, 0.1) is 22.4 Å². The lowest BCUT2D eigenvalue weighted by atomic mass is 10.1. The normalized spacial score (nSPS) is 12.5. The summed E-state index contributed by atoms with van der Waals surface area (Å²) in [6.45, 7) is 3.74. The van der Waals surface area contributed by atoms with Crippen LogP contribution in [0.1, 0.15) is 24.1 Å². The summed E-state index contributed by atoms with van der Waals surface area (Å²) in [5, 5.41) is 14.4. The number of hydrogen-bond acceptors (Lipinski definition) is 6. The molecule has 1 amide bonds. The fourth-order valence-corrected chi connectivity index (χ4v) is 4.45. The van der Waals surface area contributed by atoms with Crippen molar-refractivity contribution in [1.29, 1.82) is 0 Å². The Morgan fingerprint density at radius 1 is 1.29 bits per heavy atom. The van der Waals surface area contributed by atoms with Gasteiger partial charge in [-0.3, -0.25) is 9.36 Å². The number of hydrogen-bond donors (Lipinski definition) is 1. The van der Waals surface area contributed by atoms with Crippen molar-refractivity contribution in [2.75, 3.05) is 12.8 Å². The van der Waals surface area contributed by atoms with Crippen LogP contribution in [0.2, 0.25) is 5.02 Å². The average molecular weight is 480 g/mol. The molecule has 3 rings (SSSR count). The summed E-state index contributed by atoms with van der Waals surface area (Å²) < 4.78 is 25.0. The summed E-state index contributed by atoms with van der Waals surface area (Å²) in [5.41, 5.74) is 2.44. The van der Waals surface area contributed by atoms with Crippen LogP contribution in [-0.2, 0) is 14.8 Å². The predicted octanol–water partition coefficient (Wildman–Crippen LogP) is 3.19. The number of thioether (sulfide) groups is 1. The number of rotatable bonds is 7. The molecule has 2 N–H and O–H groups in total. The molecule has 0 saturated carbocycles. The van der Waals surface area contributed by atoms with Gasteiger partial charge in [0.2, 0.25) is 15.9 Å². The van der Waals surface area contributed by atoms with E-state index in [9.17, 15) is 13.2 Å². The fourth-order valence-electron chi connectivity index (χ4n) is 2.85. The van der Waals surface area contributed by atoms with Crippen molar-refractivity contribution in [3.8, 4) is 5.69 Å². The van der Waals surface area contributed by atoms with Gasteiger partial charge in [-0.1, -0.05) is 41.6 Å². The second-order valence-electron chi connectivity index (χ2n) is 7.00. The number of aryl methyl sites for hydroxylation is 1. The summed E-state index contributed by atoms with van der Waals surface area (Å²) in [6.07, 6.45) is 1.57. The summed E-state index contributed by atoms with van der Waals surface area (Å²) in [7, 11) is -2.15. The second-order valence-corrected chi connectivity index (χ2v) is 9.91. The molecule has 3 aromatic rings. The molecule has 0 aliphatic heterocycles. The second kappa shape index (κ2) is 9.39. The number of primary sulfonamides is 1. The largest absolute Gasteiger partial charge is 0.338 e. The van der Waals surface area contributed by atoms with E-state index in [1.165, 1.54) is 23.9 Å². The van der Waals surface area contributed by atoms with E-state index in [1.54, 1.807) is 35.0 Å². The predicted molar refractivity (Wildman–Crippen MR) is 121 cm³/mol. The van der Waals surface area contributed by atoms with Crippen molar-refractivity contribution in [3.63, 3.8) is 0 Å². The van der Waals surface area contributed by atoms with Crippen LogP contribution < -0.4 is 5.14 Å². The van der Waals surface area contributed by atoms with Crippen LogP contribution >= 0.6 is 23.4 Å². The van der Waals surface area contributed by atoms with Crippen LogP contribution in [0.4, 0.5) is 0 Å². The van der Waals surface area contributed by atoms with Crippen molar-refractivity contribution < 1.29 is 13.2 Å².